The van der Waals surface area contributed by atoms with Crippen molar-refractivity contribution >= 4 is 17.8 Å². The molecule has 0 radical (unpaired) electrons. The van der Waals surface area contributed by atoms with Crippen LogP contribution in [0.25, 0.3) is 0 Å². The number of hydrogen-bond donors (Lipinski definition) is 5. The van der Waals surface area contributed by atoms with E-state index >= 15 is 0 Å². The third-order valence-corrected chi connectivity index (χ3v) is 6.50. The molecule has 3 atom stereocenters. The van der Waals surface area contributed by atoms with Crippen LogP contribution in [0.1, 0.15) is 117 Å². The Bertz CT molecular complexity index is 663. The van der Waals surface area contributed by atoms with Crippen molar-refractivity contribution in [3.8, 4) is 0 Å². The molecule has 9 nitrogen and oxygen atoms in total. The Morgan fingerprint density at radius 3 is 1.97 bits per heavy atom. The molecule has 0 fully saturated rings. The fraction of sp³-hybridized carbons (Fsp3) is 0.821. The lowest BCUT2D eigenvalue weighted by Gasteiger charge is -2.27. The number of allylic oxidation sites excluding steroid dienone is 1. The molecular formula is C28H55N5O4. The number of amides is 1. The summed E-state index contributed by atoms with van der Waals surface area (Å²) in [6.07, 6.45) is 19.8. The standard InChI is InChI=1S/C28H55N5O4/c1-4-6-7-8-9-10-11-12-13-14-15-16-17-18-25(34)33-23(19-21-32-27(30)31)26(35)37-22-24(29)28(3,36)20-5-2/h5,20,23-24,36H,4,6-19,21-22,29H2,1-3H3,(H,33,34)(H4,30,31,32). The smallest absolute Gasteiger partial charge is 0.328 e. The summed E-state index contributed by atoms with van der Waals surface area (Å²) in [6, 6.07) is -1.70. The minimum Gasteiger partial charge on any atom is -0.462 e. The van der Waals surface area contributed by atoms with Crippen molar-refractivity contribution in [2.75, 3.05) is 13.2 Å². The quantitative estimate of drug-likeness (QED) is 0.0444. The van der Waals surface area contributed by atoms with Gasteiger partial charge in [0.05, 0.1) is 11.6 Å². The van der Waals surface area contributed by atoms with Crippen molar-refractivity contribution in [3.63, 3.8) is 0 Å². The van der Waals surface area contributed by atoms with Crippen molar-refractivity contribution in [2.45, 2.75) is 135 Å². The number of aliphatic imine (C=N–C) groups is 1. The highest BCUT2D eigenvalue weighted by atomic mass is 16.5. The number of nitrogens with two attached hydrogens (primary N) is 3. The number of nitrogens with one attached hydrogen (secondary N) is 1. The Morgan fingerprint density at radius 1 is 0.973 bits per heavy atom. The molecule has 0 aromatic heterocycles. The van der Waals surface area contributed by atoms with Gasteiger partial charge in [-0.05, 0) is 26.7 Å². The average molecular weight is 526 g/mol. The van der Waals surface area contributed by atoms with E-state index in [9.17, 15) is 14.7 Å². The molecule has 0 aliphatic carbocycles. The van der Waals surface area contributed by atoms with Crippen LogP contribution < -0.4 is 22.5 Å². The van der Waals surface area contributed by atoms with E-state index in [4.69, 9.17) is 21.9 Å². The highest BCUT2D eigenvalue weighted by Crippen LogP contribution is 2.14. The Kier molecular flexibility index (Phi) is 20.6. The zero-order valence-corrected chi connectivity index (χ0v) is 23.7. The van der Waals surface area contributed by atoms with E-state index in [0.717, 1.165) is 19.3 Å². The van der Waals surface area contributed by atoms with Gasteiger partial charge in [0.1, 0.15) is 12.6 Å². The highest BCUT2D eigenvalue weighted by molar-refractivity contribution is 5.84. The third-order valence-electron chi connectivity index (χ3n) is 6.50. The van der Waals surface area contributed by atoms with Crippen LogP contribution >= 0.6 is 0 Å². The van der Waals surface area contributed by atoms with Crippen LogP contribution in [0.2, 0.25) is 0 Å². The Hall–Kier alpha value is -2.13. The van der Waals surface area contributed by atoms with Crippen molar-refractivity contribution in [1.29, 1.82) is 0 Å². The Morgan fingerprint density at radius 2 is 1.49 bits per heavy atom. The SMILES string of the molecule is CC=CC(C)(O)C(N)COC(=O)C(CCN=C(N)N)NC(=O)CCCCCCCCCCCCCCC. The summed E-state index contributed by atoms with van der Waals surface area (Å²) in [5.74, 6) is -0.925. The predicted octanol–water partition coefficient (Wildman–Crippen LogP) is 3.81. The lowest BCUT2D eigenvalue weighted by molar-refractivity contribution is -0.149. The first-order valence-corrected chi connectivity index (χ1v) is 14.3. The third kappa shape index (κ3) is 19.6. The lowest BCUT2D eigenvalue weighted by Crippen LogP contribution is -2.49. The number of carbonyl (C=O) groups is 2. The minimum atomic E-state index is -1.32. The van der Waals surface area contributed by atoms with Gasteiger partial charge in [0.2, 0.25) is 5.91 Å². The van der Waals surface area contributed by atoms with Crippen LogP contribution in [0.3, 0.4) is 0 Å². The summed E-state index contributed by atoms with van der Waals surface area (Å²) in [6.45, 7) is 5.53. The van der Waals surface area contributed by atoms with Crippen LogP contribution in [-0.2, 0) is 14.3 Å². The van der Waals surface area contributed by atoms with Crippen LogP contribution in [0, 0.1) is 0 Å². The van der Waals surface area contributed by atoms with Crippen LogP contribution in [0.4, 0.5) is 0 Å². The molecule has 0 saturated carbocycles. The van der Waals surface area contributed by atoms with Crippen LogP contribution in [0.5, 0.6) is 0 Å². The van der Waals surface area contributed by atoms with E-state index in [1.165, 1.54) is 64.2 Å². The zero-order chi connectivity index (χ0) is 27.9. The average Bonchev–Trinajstić information content (AvgIpc) is 2.84. The number of aliphatic hydroxyl groups is 1. The molecule has 0 aliphatic rings. The maximum Gasteiger partial charge on any atom is 0.328 e. The van der Waals surface area contributed by atoms with Gasteiger partial charge >= 0.3 is 5.97 Å². The summed E-state index contributed by atoms with van der Waals surface area (Å²) < 4.78 is 5.30. The number of esters is 1. The highest BCUT2D eigenvalue weighted by Gasteiger charge is 2.29. The van der Waals surface area contributed by atoms with Crippen LogP contribution in [0.15, 0.2) is 17.1 Å². The van der Waals surface area contributed by atoms with Crippen molar-refractivity contribution in [1.82, 2.24) is 5.32 Å². The van der Waals surface area contributed by atoms with E-state index in [0.29, 0.717) is 6.42 Å². The maximum absolute atomic E-state index is 12.6. The normalized spacial score (nSPS) is 14.6. The zero-order valence-electron chi connectivity index (χ0n) is 23.7. The second-order valence-corrected chi connectivity index (χ2v) is 10.2. The molecule has 216 valence electrons. The number of unbranched alkanes of at least 4 members (excludes halogenated alkanes) is 12. The molecule has 0 heterocycles. The molecule has 9 heteroatoms. The van der Waals surface area contributed by atoms with Gasteiger partial charge in [0.25, 0.3) is 0 Å². The number of ether oxygens (including phenoxy) is 1. The molecule has 0 aromatic rings. The van der Waals surface area contributed by atoms with Gasteiger partial charge in [-0.3, -0.25) is 9.79 Å². The largest absolute Gasteiger partial charge is 0.462 e. The molecule has 0 aromatic carbocycles. The molecule has 1 amide bonds. The monoisotopic (exact) mass is 525 g/mol. The van der Waals surface area contributed by atoms with E-state index in [1.807, 2.05) is 0 Å². The van der Waals surface area contributed by atoms with E-state index in [1.54, 1.807) is 26.0 Å². The van der Waals surface area contributed by atoms with Crippen molar-refractivity contribution < 1.29 is 19.4 Å². The summed E-state index contributed by atoms with van der Waals surface area (Å²) in [5.41, 5.74) is 15.4. The summed E-state index contributed by atoms with van der Waals surface area (Å²) in [4.78, 5) is 29.0. The number of nitrogens with zero attached hydrogens (tertiary/aromatic N) is 1. The summed E-state index contributed by atoms with van der Waals surface area (Å²) in [7, 11) is 0. The van der Waals surface area contributed by atoms with Gasteiger partial charge in [-0.25, -0.2) is 4.79 Å². The maximum atomic E-state index is 12.6. The van der Waals surface area contributed by atoms with Gasteiger partial charge in [0, 0.05) is 13.0 Å². The Balaban J connectivity index is 4.28. The Labute approximate surface area is 225 Å². The fourth-order valence-electron chi connectivity index (χ4n) is 4.04. The van der Waals surface area contributed by atoms with Crippen molar-refractivity contribution in [2.24, 2.45) is 22.2 Å². The first-order chi connectivity index (χ1) is 17.6. The molecule has 0 bridgehead atoms. The van der Waals surface area contributed by atoms with Gasteiger partial charge < -0.3 is 32.4 Å². The number of guanidine groups is 1. The number of carbonyl (C=O) groups excluding carboxylic acids is 2. The fourth-order valence-corrected chi connectivity index (χ4v) is 4.04. The molecule has 0 aliphatic heterocycles. The topological polar surface area (TPSA) is 166 Å². The van der Waals surface area contributed by atoms with Gasteiger partial charge in [-0.2, -0.15) is 0 Å². The van der Waals surface area contributed by atoms with Gasteiger partial charge in [0.15, 0.2) is 5.96 Å². The molecule has 8 N–H and O–H groups in total. The summed E-state index contributed by atoms with van der Waals surface area (Å²) >= 11 is 0. The summed E-state index contributed by atoms with van der Waals surface area (Å²) in [5, 5.41) is 13.1. The molecule has 0 saturated heterocycles. The lowest BCUT2D eigenvalue weighted by atomic mass is 9.97. The molecule has 37 heavy (non-hydrogen) atoms. The molecule has 0 rings (SSSR count). The first-order valence-electron chi connectivity index (χ1n) is 14.3. The van der Waals surface area contributed by atoms with E-state index < -0.39 is 23.7 Å². The number of rotatable bonds is 23. The minimum absolute atomic E-state index is 0.0881. The molecule has 3 unspecified atom stereocenters. The second-order valence-electron chi connectivity index (χ2n) is 10.2. The van der Waals surface area contributed by atoms with Crippen molar-refractivity contribution in [3.05, 3.63) is 12.2 Å². The second kappa shape index (κ2) is 21.9. The molecular weight excluding hydrogens is 470 g/mol. The van der Waals surface area contributed by atoms with E-state index in [-0.39, 0.29) is 31.4 Å². The van der Waals surface area contributed by atoms with Gasteiger partial charge in [-0.15, -0.1) is 0 Å². The molecule has 0 spiro atoms. The van der Waals surface area contributed by atoms with Gasteiger partial charge in [-0.1, -0.05) is 96.1 Å². The van der Waals surface area contributed by atoms with E-state index in [2.05, 4.69) is 17.2 Å². The predicted molar refractivity (Wildman–Crippen MR) is 152 cm³/mol. The van der Waals surface area contributed by atoms with Crippen LogP contribution in [-0.4, -0.2) is 53.8 Å². The first kappa shape index (κ1) is 34.9. The number of hydrogen-bond acceptors (Lipinski definition) is 6.